The number of amides is 2. The number of allylic oxidation sites excluding steroid dienone is 9. The summed E-state index contributed by atoms with van der Waals surface area (Å²) in [5.41, 5.74) is 5.94. The minimum atomic E-state index is -0.632. The van der Waals surface area contributed by atoms with Gasteiger partial charge < -0.3 is 15.7 Å². The van der Waals surface area contributed by atoms with Crippen LogP contribution in [0.5, 0.6) is 0 Å². The molecule has 0 heterocycles. The van der Waals surface area contributed by atoms with Gasteiger partial charge in [0.25, 0.3) is 0 Å². The molecule has 2 saturated carbocycles. The van der Waals surface area contributed by atoms with Crippen LogP contribution in [-0.2, 0) is 11.3 Å². The molecule has 6 rings (SSSR count). The number of fused-ring (bicyclic) bond motifs is 4. The van der Waals surface area contributed by atoms with Crippen LogP contribution < -0.4 is 10.6 Å². The summed E-state index contributed by atoms with van der Waals surface area (Å²) in [4.78, 5) is 24.4. The molecule has 5 aliphatic rings. The van der Waals surface area contributed by atoms with Crippen molar-refractivity contribution in [2.24, 2.45) is 29.1 Å². The SMILES string of the molecule is C[C@]1(O)CCC2C3CCC4=CC(=O)CCC4=C3C(C3C=CC(/C=C/CNC(=O)NCc4ccccc4)=CC3)C[C@@]21C. The molecule has 1 aromatic carbocycles. The van der Waals surface area contributed by atoms with Gasteiger partial charge in [-0.15, -0.1) is 0 Å². The Labute approximate surface area is 244 Å². The molecule has 0 radical (unpaired) electrons. The van der Waals surface area contributed by atoms with Gasteiger partial charge in [0.2, 0.25) is 0 Å². The van der Waals surface area contributed by atoms with Crippen LogP contribution in [0.1, 0.15) is 70.8 Å². The number of ketones is 1. The largest absolute Gasteiger partial charge is 0.390 e. The number of hydrogen-bond acceptors (Lipinski definition) is 3. The van der Waals surface area contributed by atoms with Crippen LogP contribution in [0, 0.1) is 29.1 Å². The molecule has 4 unspecified atom stereocenters. The number of hydrogen-bond donors (Lipinski definition) is 3. The fraction of sp³-hybridized carbons (Fsp3) is 0.500. The van der Waals surface area contributed by atoms with Crippen molar-refractivity contribution in [3.8, 4) is 0 Å². The van der Waals surface area contributed by atoms with E-state index in [-0.39, 0.29) is 17.2 Å². The molecule has 216 valence electrons. The Balaban J connectivity index is 1.13. The standard InChI is InChI=1S/C36H44N2O3/c1-35-22-31(33-29-17-15-28(39)21-27(29)14-16-30(33)32(35)18-19-36(35,2)41)26-12-10-24(11-13-26)9-6-20-37-34(40)38-23-25-7-4-3-5-8-25/h3-12,21,26,30-32,41H,13-20,22-23H2,1-2H3,(H2,37,38,40)/b9-6+/t26?,30?,31?,32?,35-,36-/m0/s1. The van der Waals surface area contributed by atoms with Crippen molar-refractivity contribution in [2.45, 2.75) is 77.4 Å². The summed E-state index contributed by atoms with van der Waals surface area (Å²) < 4.78 is 0. The first kappa shape index (κ1) is 28.0. The molecule has 5 heteroatoms. The van der Waals surface area contributed by atoms with E-state index >= 15 is 0 Å². The van der Waals surface area contributed by atoms with Gasteiger partial charge in [0.15, 0.2) is 5.78 Å². The number of benzene rings is 1. The summed E-state index contributed by atoms with van der Waals surface area (Å²) in [7, 11) is 0. The first-order chi connectivity index (χ1) is 19.7. The van der Waals surface area contributed by atoms with E-state index in [2.05, 4.69) is 48.8 Å². The first-order valence-corrected chi connectivity index (χ1v) is 15.5. The number of rotatable bonds is 6. The van der Waals surface area contributed by atoms with E-state index in [4.69, 9.17) is 0 Å². The van der Waals surface area contributed by atoms with E-state index in [1.807, 2.05) is 42.5 Å². The predicted octanol–water partition coefficient (Wildman–Crippen LogP) is 6.73. The van der Waals surface area contributed by atoms with Crippen molar-refractivity contribution < 1.29 is 14.7 Å². The average Bonchev–Trinajstić information content (AvgIpc) is 3.22. The zero-order valence-electron chi connectivity index (χ0n) is 24.5. The lowest BCUT2D eigenvalue weighted by Gasteiger charge is -2.55. The summed E-state index contributed by atoms with van der Waals surface area (Å²) in [6.07, 6.45) is 20.6. The molecule has 0 saturated heterocycles. The van der Waals surface area contributed by atoms with Gasteiger partial charge in [-0.1, -0.05) is 73.2 Å². The highest BCUT2D eigenvalue weighted by Gasteiger charge is 2.61. The summed E-state index contributed by atoms with van der Waals surface area (Å²) in [5, 5.41) is 17.4. The van der Waals surface area contributed by atoms with E-state index in [9.17, 15) is 14.7 Å². The molecule has 0 bridgehead atoms. The maximum absolute atomic E-state index is 12.3. The van der Waals surface area contributed by atoms with Gasteiger partial charge in [-0.2, -0.15) is 0 Å². The van der Waals surface area contributed by atoms with Gasteiger partial charge in [-0.3, -0.25) is 4.79 Å². The van der Waals surface area contributed by atoms with Gasteiger partial charge in [-0.05, 0) is 104 Å². The quantitative estimate of drug-likeness (QED) is 0.366. The van der Waals surface area contributed by atoms with Crippen molar-refractivity contribution in [2.75, 3.05) is 6.54 Å². The third-order valence-corrected chi connectivity index (χ3v) is 11.0. The number of carbonyl (C=O) groups is 2. The lowest BCUT2D eigenvalue weighted by atomic mass is 9.50. The predicted molar refractivity (Wildman–Crippen MR) is 163 cm³/mol. The lowest BCUT2D eigenvalue weighted by molar-refractivity contribution is -0.114. The number of aliphatic hydroxyl groups is 1. The maximum atomic E-state index is 12.3. The normalized spacial score (nSPS) is 34.5. The second-order valence-corrected chi connectivity index (χ2v) is 13.3. The Morgan fingerprint density at radius 2 is 1.90 bits per heavy atom. The average molecular weight is 553 g/mol. The highest BCUT2D eigenvalue weighted by atomic mass is 16.3. The summed E-state index contributed by atoms with van der Waals surface area (Å²) in [6, 6.07) is 9.72. The van der Waals surface area contributed by atoms with Gasteiger partial charge in [-0.25, -0.2) is 4.79 Å². The van der Waals surface area contributed by atoms with Crippen LogP contribution in [0.3, 0.4) is 0 Å². The van der Waals surface area contributed by atoms with Gasteiger partial charge in [0.05, 0.1) is 5.60 Å². The molecule has 2 fully saturated rings. The van der Waals surface area contributed by atoms with Gasteiger partial charge >= 0.3 is 6.03 Å². The van der Waals surface area contributed by atoms with Crippen molar-refractivity contribution in [1.29, 1.82) is 0 Å². The molecule has 3 N–H and O–H groups in total. The molecule has 5 aliphatic carbocycles. The van der Waals surface area contributed by atoms with Crippen LogP contribution in [0.15, 0.2) is 89.1 Å². The van der Waals surface area contributed by atoms with E-state index < -0.39 is 5.60 Å². The van der Waals surface area contributed by atoms with E-state index in [1.165, 1.54) is 16.7 Å². The maximum Gasteiger partial charge on any atom is 0.315 e. The smallest absolute Gasteiger partial charge is 0.315 e. The van der Waals surface area contributed by atoms with Crippen molar-refractivity contribution in [1.82, 2.24) is 10.6 Å². The molecule has 1 aromatic rings. The van der Waals surface area contributed by atoms with Gasteiger partial charge in [0.1, 0.15) is 0 Å². The van der Waals surface area contributed by atoms with Crippen molar-refractivity contribution >= 4 is 11.8 Å². The topological polar surface area (TPSA) is 78.4 Å². The van der Waals surface area contributed by atoms with Crippen molar-refractivity contribution in [3.05, 3.63) is 94.6 Å². The Kier molecular flexibility index (Phi) is 7.67. The monoisotopic (exact) mass is 552 g/mol. The fourth-order valence-electron chi connectivity index (χ4n) is 8.59. The Bertz CT molecular complexity index is 1350. The van der Waals surface area contributed by atoms with E-state index in [1.54, 1.807) is 5.57 Å². The van der Waals surface area contributed by atoms with E-state index in [0.717, 1.165) is 50.5 Å². The summed E-state index contributed by atoms with van der Waals surface area (Å²) in [6.45, 7) is 5.41. The summed E-state index contributed by atoms with van der Waals surface area (Å²) in [5.74, 6) is 2.11. The Hall–Kier alpha value is -3.18. The number of nitrogens with one attached hydrogen (secondary N) is 2. The van der Waals surface area contributed by atoms with Crippen LogP contribution in [-0.4, -0.2) is 29.1 Å². The third kappa shape index (κ3) is 5.41. The van der Waals surface area contributed by atoms with E-state index in [0.29, 0.717) is 43.2 Å². The molecule has 41 heavy (non-hydrogen) atoms. The molecular weight excluding hydrogens is 508 g/mol. The zero-order chi connectivity index (χ0) is 28.6. The van der Waals surface area contributed by atoms with Gasteiger partial charge in [0, 0.05) is 24.9 Å². The Morgan fingerprint density at radius 3 is 2.68 bits per heavy atom. The molecule has 6 atom stereocenters. The van der Waals surface area contributed by atoms with Crippen LogP contribution in [0.4, 0.5) is 4.79 Å². The number of urea groups is 1. The van der Waals surface area contributed by atoms with Crippen LogP contribution >= 0.6 is 0 Å². The second kappa shape index (κ2) is 11.2. The Morgan fingerprint density at radius 1 is 1.07 bits per heavy atom. The minimum Gasteiger partial charge on any atom is -0.390 e. The van der Waals surface area contributed by atoms with Crippen LogP contribution in [0.25, 0.3) is 0 Å². The zero-order valence-corrected chi connectivity index (χ0v) is 24.5. The molecule has 0 aromatic heterocycles. The summed E-state index contributed by atoms with van der Waals surface area (Å²) >= 11 is 0. The molecule has 0 spiro atoms. The number of carbonyl (C=O) groups excluding carboxylic acids is 2. The van der Waals surface area contributed by atoms with Crippen molar-refractivity contribution in [3.63, 3.8) is 0 Å². The lowest BCUT2D eigenvalue weighted by Crippen LogP contribution is -2.51. The highest BCUT2D eigenvalue weighted by Crippen LogP contribution is 2.66. The third-order valence-electron chi connectivity index (χ3n) is 11.0. The molecule has 5 nitrogen and oxygen atoms in total. The second-order valence-electron chi connectivity index (χ2n) is 13.3. The van der Waals surface area contributed by atoms with Crippen LogP contribution in [0.2, 0.25) is 0 Å². The highest BCUT2D eigenvalue weighted by molar-refractivity contribution is 5.93. The minimum absolute atomic E-state index is 0.0808. The molecular formula is C36H44N2O3. The first-order valence-electron chi connectivity index (χ1n) is 15.5. The molecule has 2 amide bonds. The molecule has 0 aliphatic heterocycles. The fourth-order valence-corrected chi connectivity index (χ4v) is 8.59.